The van der Waals surface area contributed by atoms with Crippen molar-refractivity contribution in [2.75, 3.05) is 26.3 Å². The summed E-state index contributed by atoms with van der Waals surface area (Å²) in [6.07, 6.45) is 4.26. The van der Waals surface area contributed by atoms with Crippen molar-refractivity contribution in [1.29, 1.82) is 0 Å². The lowest BCUT2D eigenvalue weighted by Gasteiger charge is -2.45. The molecule has 0 bridgehead atoms. The van der Waals surface area contributed by atoms with E-state index in [1.165, 1.54) is 0 Å². The lowest BCUT2D eigenvalue weighted by Crippen LogP contribution is -2.59. The molecule has 0 spiro atoms. The van der Waals surface area contributed by atoms with E-state index in [0.29, 0.717) is 51.1 Å². The minimum Gasteiger partial charge on any atom is -0.381 e. The maximum Gasteiger partial charge on any atom is 0.233 e. The Balaban J connectivity index is 1.73. The van der Waals surface area contributed by atoms with E-state index in [0.717, 1.165) is 16.7 Å². The summed E-state index contributed by atoms with van der Waals surface area (Å²) in [7, 11) is 0. The molecule has 2 N–H and O–H groups in total. The highest BCUT2D eigenvalue weighted by atomic mass is 16.5. The van der Waals surface area contributed by atoms with Gasteiger partial charge < -0.3 is 15.4 Å². The summed E-state index contributed by atoms with van der Waals surface area (Å²) >= 11 is 0. The fourth-order valence-electron chi connectivity index (χ4n) is 5.31. The van der Waals surface area contributed by atoms with Gasteiger partial charge in [0.2, 0.25) is 11.8 Å². The first kappa shape index (κ1) is 21.5. The molecular formula is C25H31N3O3. The molecule has 0 saturated carbocycles. The van der Waals surface area contributed by atoms with Crippen LogP contribution in [0.5, 0.6) is 0 Å². The van der Waals surface area contributed by atoms with E-state index >= 15 is 0 Å². The molecule has 31 heavy (non-hydrogen) atoms. The number of hydrogen-bond donors (Lipinski definition) is 1. The molecule has 1 aromatic heterocycles. The van der Waals surface area contributed by atoms with Crippen LogP contribution in [0.2, 0.25) is 0 Å². The van der Waals surface area contributed by atoms with Crippen molar-refractivity contribution in [2.24, 2.45) is 5.73 Å². The maximum absolute atomic E-state index is 14.1. The monoisotopic (exact) mass is 421 g/mol. The van der Waals surface area contributed by atoms with Crippen molar-refractivity contribution in [3.63, 3.8) is 0 Å². The SMILES string of the molecule is Cc1cc(C)cc(C2(C(=O)N3CCC[C@](C(N)=O)(c4ccccn4)C3)CCOCC2)c1. The summed E-state index contributed by atoms with van der Waals surface area (Å²) in [6.45, 7) is 6.11. The Hall–Kier alpha value is -2.73. The highest BCUT2D eigenvalue weighted by Gasteiger charge is 2.50. The number of likely N-dealkylation sites (tertiary alicyclic amines) is 1. The van der Waals surface area contributed by atoms with Gasteiger partial charge in [-0.3, -0.25) is 14.6 Å². The molecule has 6 nitrogen and oxygen atoms in total. The topological polar surface area (TPSA) is 85.5 Å². The summed E-state index contributed by atoms with van der Waals surface area (Å²) < 4.78 is 5.64. The maximum atomic E-state index is 14.1. The molecule has 0 aliphatic carbocycles. The first-order chi connectivity index (χ1) is 14.9. The minimum absolute atomic E-state index is 0.0713. The minimum atomic E-state index is -0.954. The van der Waals surface area contributed by atoms with Crippen molar-refractivity contribution >= 4 is 11.8 Å². The fourth-order valence-corrected chi connectivity index (χ4v) is 5.31. The van der Waals surface area contributed by atoms with Crippen LogP contribution in [0, 0.1) is 13.8 Å². The number of hydrogen-bond acceptors (Lipinski definition) is 4. The van der Waals surface area contributed by atoms with E-state index in [1.54, 1.807) is 6.20 Å². The zero-order valence-corrected chi connectivity index (χ0v) is 18.4. The van der Waals surface area contributed by atoms with E-state index in [-0.39, 0.29) is 12.5 Å². The second-order valence-corrected chi connectivity index (χ2v) is 9.06. The smallest absolute Gasteiger partial charge is 0.233 e. The van der Waals surface area contributed by atoms with Crippen LogP contribution < -0.4 is 5.73 Å². The van der Waals surface area contributed by atoms with Crippen molar-refractivity contribution in [2.45, 2.75) is 50.4 Å². The number of ether oxygens (including phenoxy) is 1. The van der Waals surface area contributed by atoms with E-state index in [9.17, 15) is 9.59 Å². The van der Waals surface area contributed by atoms with Gasteiger partial charge in [0.05, 0.1) is 11.1 Å². The van der Waals surface area contributed by atoms with Gasteiger partial charge in [-0.25, -0.2) is 0 Å². The third kappa shape index (κ3) is 3.85. The van der Waals surface area contributed by atoms with Gasteiger partial charge >= 0.3 is 0 Å². The van der Waals surface area contributed by atoms with Gasteiger partial charge in [0.1, 0.15) is 5.41 Å². The summed E-state index contributed by atoms with van der Waals surface area (Å²) in [6, 6.07) is 11.9. The van der Waals surface area contributed by atoms with Crippen LogP contribution in [0.25, 0.3) is 0 Å². The second kappa shape index (κ2) is 8.42. The molecule has 2 aliphatic rings. The summed E-state index contributed by atoms with van der Waals surface area (Å²) in [5.74, 6) is -0.349. The van der Waals surface area contributed by atoms with Crippen molar-refractivity contribution in [3.8, 4) is 0 Å². The van der Waals surface area contributed by atoms with Gasteiger partial charge in [-0.05, 0) is 57.2 Å². The van der Waals surface area contributed by atoms with Crippen molar-refractivity contribution < 1.29 is 14.3 Å². The Bertz CT molecular complexity index is 949. The zero-order valence-electron chi connectivity index (χ0n) is 18.4. The Labute approximate surface area is 183 Å². The van der Waals surface area contributed by atoms with Gasteiger partial charge in [-0.2, -0.15) is 0 Å². The lowest BCUT2D eigenvalue weighted by molar-refractivity contribution is -0.145. The predicted octanol–water partition coefficient (Wildman–Crippen LogP) is 2.79. The van der Waals surface area contributed by atoms with E-state index in [4.69, 9.17) is 10.5 Å². The second-order valence-electron chi connectivity index (χ2n) is 9.06. The number of pyridine rings is 1. The van der Waals surface area contributed by atoms with Gasteiger partial charge in [0.25, 0.3) is 0 Å². The third-order valence-electron chi connectivity index (χ3n) is 6.94. The number of nitrogens with zero attached hydrogens (tertiary/aromatic N) is 2. The Morgan fingerprint density at radius 1 is 1.03 bits per heavy atom. The molecule has 1 aromatic carbocycles. The molecule has 0 unspecified atom stereocenters. The van der Waals surface area contributed by atoms with E-state index in [2.05, 4.69) is 37.0 Å². The number of aromatic nitrogens is 1. The van der Waals surface area contributed by atoms with Gasteiger partial charge in [-0.1, -0.05) is 35.4 Å². The Morgan fingerprint density at radius 3 is 2.35 bits per heavy atom. The summed E-state index contributed by atoms with van der Waals surface area (Å²) in [5, 5.41) is 0. The highest BCUT2D eigenvalue weighted by Crippen LogP contribution is 2.40. The van der Waals surface area contributed by atoms with E-state index in [1.807, 2.05) is 23.1 Å². The van der Waals surface area contributed by atoms with Crippen LogP contribution in [-0.4, -0.2) is 48.0 Å². The largest absolute Gasteiger partial charge is 0.381 e. The van der Waals surface area contributed by atoms with Crippen LogP contribution in [0.1, 0.15) is 48.1 Å². The van der Waals surface area contributed by atoms with Crippen LogP contribution in [0.15, 0.2) is 42.6 Å². The molecule has 4 rings (SSSR count). The number of carbonyl (C=O) groups is 2. The molecule has 2 aromatic rings. The number of aryl methyl sites for hydroxylation is 2. The molecule has 2 amide bonds. The molecule has 0 radical (unpaired) electrons. The van der Waals surface area contributed by atoms with Crippen LogP contribution >= 0.6 is 0 Å². The predicted molar refractivity (Wildman–Crippen MR) is 119 cm³/mol. The molecule has 2 saturated heterocycles. The van der Waals surface area contributed by atoms with Crippen molar-refractivity contribution in [1.82, 2.24) is 9.88 Å². The van der Waals surface area contributed by atoms with Crippen LogP contribution in [-0.2, 0) is 25.2 Å². The Kier molecular flexibility index (Phi) is 5.84. The molecule has 1 atom stereocenters. The number of piperidine rings is 1. The van der Waals surface area contributed by atoms with Crippen LogP contribution in [0.4, 0.5) is 0 Å². The lowest BCUT2D eigenvalue weighted by atomic mass is 9.70. The first-order valence-electron chi connectivity index (χ1n) is 11.0. The van der Waals surface area contributed by atoms with Crippen molar-refractivity contribution in [3.05, 3.63) is 65.0 Å². The molecule has 2 fully saturated rings. The summed E-state index contributed by atoms with van der Waals surface area (Å²) in [5.41, 5.74) is 8.31. The average Bonchev–Trinajstić information content (AvgIpc) is 2.79. The quantitative estimate of drug-likeness (QED) is 0.823. The summed E-state index contributed by atoms with van der Waals surface area (Å²) in [4.78, 5) is 33.1. The van der Waals surface area contributed by atoms with Crippen LogP contribution in [0.3, 0.4) is 0 Å². The van der Waals surface area contributed by atoms with E-state index < -0.39 is 16.7 Å². The highest BCUT2D eigenvalue weighted by molar-refractivity contribution is 5.91. The Morgan fingerprint density at radius 2 is 1.74 bits per heavy atom. The molecule has 3 heterocycles. The number of amides is 2. The molecule has 2 aliphatic heterocycles. The standard InChI is InChI=1S/C25H31N3O3/c1-18-14-19(2)16-20(15-18)24(8-12-31-13-9-24)23(30)28-11-5-7-25(17-28,22(26)29)21-6-3-4-10-27-21/h3-4,6,10,14-16H,5,7-9,11-13,17H2,1-2H3,(H2,26,29)/t25-/m1/s1. The number of primary amides is 1. The van der Waals surface area contributed by atoms with Gasteiger partial charge in [-0.15, -0.1) is 0 Å². The number of benzene rings is 1. The zero-order chi connectivity index (χ0) is 22.1. The average molecular weight is 422 g/mol. The number of rotatable bonds is 4. The number of nitrogens with two attached hydrogens (primary N) is 1. The van der Waals surface area contributed by atoms with Gasteiger partial charge in [0.15, 0.2) is 0 Å². The third-order valence-corrected chi connectivity index (χ3v) is 6.94. The number of carbonyl (C=O) groups excluding carboxylic acids is 2. The normalized spacial score (nSPS) is 23.4. The molecule has 164 valence electrons. The van der Waals surface area contributed by atoms with Gasteiger partial charge in [0, 0.05) is 32.5 Å². The first-order valence-corrected chi connectivity index (χ1v) is 11.0. The fraction of sp³-hybridized carbons (Fsp3) is 0.480. The molecule has 6 heteroatoms. The molecular weight excluding hydrogens is 390 g/mol.